The number of fused-ring (bicyclic) bond motifs is 1. The number of carbonyl (C=O) groups excluding carboxylic acids is 2. The van der Waals surface area contributed by atoms with Crippen molar-refractivity contribution in [3.8, 4) is 0 Å². The van der Waals surface area contributed by atoms with E-state index >= 15 is 0 Å². The van der Waals surface area contributed by atoms with Crippen LogP contribution in [0.15, 0.2) is 87.7 Å². The first-order chi connectivity index (χ1) is 18.8. The van der Waals surface area contributed by atoms with Gasteiger partial charge >= 0.3 is 11.8 Å². The Bertz CT molecular complexity index is 1450. The highest BCUT2D eigenvalue weighted by molar-refractivity contribution is 8.00. The molecule has 1 saturated heterocycles. The van der Waals surface area contributed by atoms with Crippen LogP contribution in [0.4, 0.5) is 17.2 Å². The van der Waals surface area contributed by atoms with Crippen molar-refractivity contribution in [2.24, 2.45) is 10.2 Å². The van der Waals surface area contributed by atoms with E-state index in [0.29, 0.717) is 22.8 Å². The van der Waals surface area contributed by atoms with Crippen molar-refractivity contribution in [2.45, 2.75) is 24.4 Å². The SMILES string of the molecule is CN(C)c1ccc(N=Nc2cccc[n+]2CC2=C(C(=O)O)N3C(=O)[C@@H](NC(=O)Cc4cccs4)[C@H]3SC2)cc1. The number of aliphatic carboxylic acids is 1. The maximum absolute atomic E-state index is 13.0. The highest BCUT2D eigenvalue weighted by atomic mass is 32.2. The van der Waals surface area contributed by atoms with Gasteiger partial charge in [0.05, 0.1) is 17.7 Å². The number of β-lactam (4-membered cyclic amide) rings is 1. The molecule has 0 bridgehead atoms. The third-order valence-electron chi connectivity index (χ3n) is 6.39. The zero-order valence-corrected chi connectivity index (χ0v) is 23.0. The zero-order valence-electron chi connectivity index (χ0n) is 21.4. The number of nitrogens with zero attached hydrogens (tertiary/aromatic N) is 5. The molecule has 39 heavy (non-hydrogen) atoms. The van der Waals surface area contributed by atoms with Crippen LogP contribution in [0.25, 0.3) is 0 Å². The van der Waals surface area contributed by atoms with Crippen LogP contribution >= 0.6 is 23.1 Å². The Balaban J connectivity index is 1.32. The molecular weight excluding hydrogens is 536 g/mol. The fraction of sp³-hybridized carbons (Fsp3) is 0.259. The number of hydrogen-bond donors (Lipinski definition) is 2. The maximum atomic E-state index is 13.0. The summed E-state index contributed by atoms with van der Waals surface area (Å²) in [4.78, 5) is 42.0. The number of carbonyl (C=O) groups is 3. The summed E-state index contributed by atoms with van der Waals surface area (Å²) in [5.74, 6) is -0.896. The van der Waals surface area contributed by atoms with E-state index in [9.17, 15) is 19.5 Å². The van der Waals surface area contributed by atoms with Crippen molar-refractivity contribution in [1.29, 1.82) is 0 Å². The highest BCUT2D eigenvalue weighted by Gasteiger charge is 2.54. The summed E-state index contributed by atoms with van der Waals surface area (Å²) in [5, 5.41) is 23.0. The molecule has 12 heteroatoms. The molecule has 0 saturated carbocycles. The summed E-state index contributed by atoms with van der Waals surface area (Å²) in [6.07, 6.45) is 1.99. The van der Waals surface area contributed by atoms with Crippen LogP contribution in [0.3, 0.4) is 0 Å². The van der Waals surface area contributed by atoms with Gasteiger partial charge in [-0.3, -0.25) is 14.5 Å². The van der Waals surface area contributed by atoms with Crippen LogP contribution in [-0.4, -0.2) is 59.1 Å². The van der Waals surface area contributed by atoms with Crippen LogP contribution < -0.4 is 14.8 Å². The van der Waals surface area contributed by atoms with Gasteiger partial charge in [-0.05, 0) is 46.9 Å². The van der Waals surface area contributed by atoms with E-state index in [0.717, 1.165) is 10.6 Å². The minimum absolute atomic E-state index is 0.0361. The normalized spacial score (nSPS) is 18.6. The second-order valence-electron chi connectivity index (χ2n) is 9.27. The van der Waals surface area contributed by atoms with E-state index in [4.69, 9.17) is 0 Å². The number of hydrogen-bond acceptors (Lipinski definition) is 8. The summed E-state index contributed by atoms with van der Waals surface area (Å²) in [6, 6.07) is 16.1. The smallest absolute Gasteiger partial charge is 0.352 e. The van der Waals surface area contributed by atoms with Crippen molar-refractivity contribution >= 4 is 58.1 Å². The molecule has 5 rings (SSSR count). The summed E-state index contributed by atoms with van der Waals surface area (Å²) < 4.78 is 1.81. The Morgan fingerprint density at radius 2 is 1.92 bits per heavy atom. The van der Waals surface area contributed by atoms with Gasteiger partial charge in [-0.1, -0.05) is 12.1 Å². The first-order valence-electron chi connectivity index (χ1n) is 12.2. The topological polar surface area (TPSA) is 119 Å². The van der Waals surface area contributed by atoms with Crippen LogP contribution in [0.1, 0.15) is 4.88 Å². The number of carboxylic acids is 1. The number of nitrogens with one attached hydrogen (secondary N) is 1. The summed E-state index contributed by atoms with van der Waals surface area (Å²) >= 11 is 2.92. The van der Waals surface area contributed by atoms with Crippen molar-refractivity contribution < 1.29 is 24.1 Å². The molecule has 10 nitrogen and oxygen atoms in total. The van der Waals surface area contributed by atoms with Crippen LogP contribution in [-0.2, 0) is 27.3 Å². The predicted octanol–water partition coefficient (Wildman–Crippen LogP) is 3.50. The lowest BCUT2D eigenvalue weighted by Crippen LogP contribution is -2.70. The van der Waals surface area contributed by atoms with Gasteiger partial charge in [0.25, 0.3) is 5.91 Å². The third-order valence-corrected chi connectivity index (χ3v) is 8.61. The number of azo groups is 1. The van der Waals surface area contributed by atoms with Crippen LogP contribution in [0.2, 0.25) is 0 Å². The van der Waals surface area contributed by atoms with Gasteiger partial charge in [-0.2, -0.15) is 0 Å². The number of thioether (sulfide) groups is 1. The standard InChI is InChI=1S/C27H26N6O4S2/c1-31(2)19-10-8-18(9-11-19)29-30-21-7-3-4-12-32(21)15-17-16-39-26-23(25(35)33(26)24(17)27(36)37)28-22(34)14-20-6-5-13-38-20/h3-13,23,26H,14-16H2,1-2H3,(H-,28,34,36,37)/p+1/t23-,26-/m1/s1. The van der Waals surface area contributed by atoms with E-state index in [1.807, 2.05) is 72.9 Å². The first-order valence-corrected chi connectivity index (χ1v) is 14.1. The van der Waals surface area contributed by atoms with Gasteiger partial charge in [0.15, 0.2) is 0 Å². The average molecular weight is 564 g/mol. The quantitative estimate of drug-likeness (QED) is 0.234. The Hall–Kier alpha value is -4.03. The first kappa shape index (κ1) is 26.6. The average Bonchev–Trinajstić information content (AvgIpc) is 3.44. The van der Waals surface area contributed by atoms with E-state index in [2.05, 4.69) is 15.5 Å². The van der Waals surface area contributed by atoms with Crippen molar-refractivity contribution in [2.75, 3.05) is 24.7 Å². The number of anilines is 1. The molecular formula is C27H27N6O4S2+. The Labute approximate surface area is 233 Å². The molecule has 2 amide bonds. The number of benzene rings is 1. The minimum atomic E-state index is -1.17. The van der Waals surface area contributed by atoms with E-state index in [1.165, 1.54) is 28.0 Å². The fourth-order valence-electron chi connectivity index (χ4n) is 4.42. The second-order valence-corrected chi connectivity index (χ2v) is 11.4. The number of rotatable bonds is 9. The van der Waals surface area contributed by atoms with Gasteiger partial charge in [-0.25, -0.2) is 9.36 Å². The second kappa shape index (κ2) is 11.4. The minimum Gasteiger partial charge on any atom is -0.477 e. The molecule has 2 atom stereocenters. The molecule has 0 aliphatic carbocycles. The molecule has 2 aromatic heterocycles. The monoisotopic (exact) mass is 563 g/mol. The van der Waals surface area contributed by atoms with Gasteiger partial charge in [-0.15, -0.1) is 23.1 Å². The molecule has 2 aliphatic heterocycles. The third kappa shape index (κ3) is 5.71. The van der Waals surface area contributed by atoms with E-state index in [1.54, 1.807) is 16.8 Å². The lowest BCUT2D eigenvalue weighted by atomic mass is 10.0. The predicted molar refractivity (Wildman–Crippen MR) is 149 cm³/mol. The molecule has 0 radical (unpaired) electrons. The summed E-state index contributed by atoms with van der Waals surface area (Å²) in [6.45, 7) is 0.231. The highest BCUT2D eigenvalue weighted by Crippen LogP contribution is 2.40. The van der Waals surface area contributed by atoms with Gasteiger partial charge < -0.3 is 15.3 Å². The molecule has 1 fully saturated rings. The van der Waals surface area contributed by atoms with Crippen LogP contribution in [0.5, 0.6) is 0 Å². The van der Waals surface area contributed by atoms with Crippen LogP contribution in [0, 0.1) is 0 Å². The summed E-state index contributed by atoms with van der Waals surface area (Å²) in [7, 11) is 3.93. The van der Waals surface area contributed by atoms with Gasteiger partial charge in [0.2, 0.25) is 5.91 Å². The lowest BCUT2D eigenvalue weighted by Gasteiger charge is -2.49. The molecule has 0 unspecified atom stereocenters. The molecule has 3 aromatic rings. The number of aromatic nitrogens is 1. The molecule has 2 aliphatic rings. The van der Waals surface area contributed by atoms with Crippen molar-refractivity contribution in [1.82, 2.24) is 10.2 Å². The maximum Gasteiger partial charge on any atom is 0.352 e. The van der Waals surface area contributed by atoms with Crippen molar-refractivity contribution in [3.63, 3.8) is 0 Å². The zero-order chi connectivity index (χ0) is 27.5. The lowest BCUT2D eigenvalue weighted by molar-refractivity contribution is -0.676. The molecule has 0 spiro atoms. The number of carboxylic acid groups (broad SMARTS) is 1. The largest absolute Gasteiger partial charge is 0.477 e. The Morgan fingerprint density at radius 1 is 1.13 bits per heavy atom. The molecule has 1 aromatic carbocycles. The van der Waals surface area contributed by atoms with Crippen molar-refractivity contribution in [3.05, 3.63) is 82.3 Å². The number of pyridine rings is 1. The fourth-order valence-corrected chi connectivity index (χ4v) is 6.46. The summed E-state index contributed by atoms with van der Waals surface area (Å²) in [5.41, 5.74) is 2.29. The number of thiophene rings is 1. The molecule has 4 heterocycles. The molecule has 200 valence electrons. The Morgan fingerprint density at radius 3 is 2.62 bits per heavy atom. The molecule has 2 N–H and O–H groups in total. The van der Waals surface area contributed by atoms with Gasteiger partial charge in [0.1, 0.15) is 29.3 Å². The van der Waals surface area contributed by atoms with Gasteiger partial charge in [0, 0.05) is 42.1 Å². The number of amides is 2. The Kier molecular flexibility index (Phi) is 7.75. The van der Waals surface area contributed by atoms with E-state index < -0.39 is 23.3 Å². The van der Waals surface area contributed by atoms with E-state index in [-0.39, 0.29) is 24.6 Å².